The number of carbonyl (C=O) groups excluding carboxylic acids is 4. The average Bonchev–Trinajstić information content (AvgIpc) is 1.01. The Labute approximate surface area is 607 Å². The van der Waals surface area contributed by atoms with Crippen LogP contribution < -0.4 is 0 Å². The van der Waals surface area contributed by atoms with Gasteiger partial charge >= 0.3 is 39.5 Å². The molecule has 0 aliphatic heterocycles. The second kappa shape index (κ2) is 71.7. The van der Waals surface area contributed by atoms with Gasteiger partial charge in [0.2, 0.25) is 0 Å². The van der Waals surface area contributed by atoms with Crippen LogP contribution in [0.25, 0.3) is 0 Å². The zero-order valence-corrected chi connectivity index (χ0v) is 66.6. The summed E-state index contributed by atoms with van der Waals surface area (Å²) < 4.78 is 68.6. The number of ether oxygens (including phenoxy) is 4. The summed E-state index contributed by atoms with van der Waals surface area (Å²) in [6.45, 7) is 9.66. The molecule has 0 saturated carbocycles. The number of carbonyl (C=O) groups is 4. The van der Waals surface area contributed by atoms with Crippen molar-refractivity contribution in [3.8, 4) is 0 Å². The van der Waals surface area contributed by atoms with Crippen molar-refractivity contribution in [2.75, 3.05) is 39.6 Å². The van der Waals surface area contributed by atoms with Crippen LogP contribution in [0, 0.1) is 11.8 Å². The van der Waals surface area contributed by atoms with Crippen molar-refractivity contribution >= 4 is 39.5 Å². The lowest BCUT2D eigenvalue weighted by atomic mass is 10.0. The molecule has 0 heterocycles. The van der Waals surface area contributed by atoms with Crippen molar-refractivity contribution < 1.29 is 80.2 Å². The van der Waals surface area contributed by atoms with Crippen LogP contribution in [0.5, 0.6) is 0 Å². The van der Waals surface area contributed by atoms with E-state index < -0.39 is 97.5 Å². The fourth-order valence-electron chi connectivity index (χ4n) is 12.4. The predicted molar refractivity (Wildman–Crippen MR) is 405 cm³/mol. The summed E-state index contributed by atoms with van der Waals surface area (Å²) in [5.74, 6) is -0.509. The molecule has 2 unspecified atom stereocenters. The standard InChI is InChI=1S/C80H156O17P2/c1-7-9-11-13-15-17-18-19-20-23-30-35-40-46-52-58-64-79(84)96-75(68-90-77(82)62-56-50-44-16-14-12-10-8-2)70-94-98(86,87)92-66-74(81)67-93-99(88,89)95-71-76(69-91-78(83)63-57-51-45-39-34-29-26-25-28-33-38-43-49-55-61-73(5)6)97-80(85)65-59-53-47-41-36-31-24-21-22-27-32-37-42-48-54-60-72(3)4/h72-76,81H,7-71H2,1-6H3,(H,86,87)(H,88,89)/t74-,75+,76+/m0/s1. The summed E-state index contributed by atoms with van der Waals surface area (Å²) in [4.78, 5) is 72.9. The Morgan fingerprint density at radius 1 is 0.273 bits per heavy atom. The van der Waals surface area contributed by atoms with Crippen LogP contribution in [0.1, 0.15) is 420 Å². The van der Waals surface area contributed by atoms with Gasteiger partial charge in [0.25, 0.3) is 0 Å². The van der Waals surface area contributed by atoms with Gasteiger partial charge in [-0.15, -0.1) is 0 Å². The molecular formula is C80H156O17P2. The number of phosphoric acid groups is 2. The van der Waals surface area contributed by atoms with Gasteiger partial charge in [0.1, 0.15) is 19.3 Å². The van der Waals surface area contributed by atoms with Crippen molar-refractivity contribution in [2.24, 2.45) is 11.8 Å². The van der Waals surface area contributed by atoms with Crippen LogP contribution in [-0.2, 0) is 65.4 Å². The third kappa shape index (κ3) is 74.1. The average molecular weight is 1450 g/mol. The van der Waals surface area contributed by atoms with Crippen LogP contribution in [0.3, 0.4) is 0 Å². The molecule has 588 valence electrons. The van der Waals surface area contributed by atoms with Gasteiger partial charge in [-0.1, -0.05) is 369 Å². The lowest BCUT2D eigenvalue weighted by molar-refractivity contribution is -0.161. The summed E-state index contributed by atoms with van der Waals surface area (Å²) in [5, 5.41) is 10.6. The minimum atomic E-state index is -4.96. The largest absolute Gasteiger partial charge is 0.472 e. The summed E-state index contributed by atoms with van der Waals surface area (Å²) in [7, 11) is -9.91. The Balaban J connectivity index is 5.21. The topological polar surface area (TPSA) is 237 Å². The molecule has 0 aromatic heterocycles. The Morgan fingerprint density at radius 3 is 0.687 bits per heavy atom. The maximum Gasteiger partial charge on any atom is 0.472 e. The fourth-order valence-corrected chi connectivity index (χ4v) is 13.9. The van der Waals surface area contributed by atoms with Gasteiger partial charge in [-0.05, 0) is 37.5 Å². The molecule has 17 nitrogen and oxygen atoms in total. The molecule has 0 fully saturated rings. The van der Waals surface area contributed by atoms with Crippen LogP contribution in [0.2, 0.25) is 0 Å². The predicted octanol–water partition coefficient (Wildman–Crippen LogP) is 23.9. The zero-order chi connectivity index (χ0) is 72.8. The molecule has 99 heavy (non-hydrogen) atoms. The molecule has 0 aromatic rings. The first-order valence-electron chi connectivity index (χ1n) is 41.5. The van der Waals surface area contributed by atoms with Gasteiger partial charge < -0.3 is 33.8 Å². The molecule has 3 N–H and O–H groups in total. The lowest BCUT2D eigenvalue weighted by Gasteiger charge is -2.21. The fraction of sp³-hybridized carbons (Fsp3) is 0.950. The highest BCUT2D eigenvalue weighted by Crippen LogP contribution is 2.45. The van der Waals surface area contributed by atoms with Crippen molar-refractivity contribution in [2.45, 2.75) is 439 Å². The maximum atomic E-state index is 13.1. The molecule has 0 aliphatic carbocycles. The monoisotopic (exact) mass is 1450 g/mol. The van der Waals surface area contributed by atoms with E-state index >= 15 is 0 Å². The van der Waals surface area contributed by atoms with Crippen molar-refractivity contribution in [1.82, 2.24) is 0 Å². The molecule has 0 saturated heterocycles. The van der Waals surface area contributed by atoms with Crippen molar-refractivity contribution in [3.05, 3.63) is 0 Å². The highest BCUT2D eigenvalue weighted by Gasteiger charge is 2.30. The normalized spacial score (nSPS) is 13.9. The number of hydrogen-bond acceptors (Lipinski definition) is 15. The van der Waals surface area contributed by atoms with Gasteiger partial charge in [0.15, 0.2) is 12.2 Å². The van der Waals surface area contributed by atoms with Crippen LogP contribution in [0.15, 0.2) is 0 Å². The molecule has 0 radical (unpaired) electrons. The van der Waals surface area contributed by atoms with Crippen LogP contribution in [0.4, 0.5) is 0 Å². The first-order chi connectivity index (χ1) is 47.9. The number of hydrogen-bond donors (Lipinski definition) is 3. The second-order valence-electron chi connectivity index (χ2n) is 29.8. The third-order valence-electron chi connectivity index (χ3n) is 18.7. The first-order valence-corrected chi connectivity index (χ1v) is 44.5. The Bertz CT molecular complexity index is 1910. The van der Waals surface area contributed by atoms with E-state index in [1.807, 2.05) is 0 Å². The second-order valence-corrected chi connectivity index (χ2v) is 32.7. The smallest absolute Gasteiger partial charge is 0.462 e. The van der Waals surface area contributed by atoms with E-state index in [-0.39, 0.29) is 25.7 Å². The van der Waals surface area contributed by atoms with Crippen molar-refractivity contribution in [1.29, 1.82) is 0 Å². The maximum absolute atomic E-state index is 13.1. The van der Waals surface area contributed by atoms with Gasteiger partial charge in [0.05, 0.1) is 26.4 Å². The number of phosphoric ester groups is 2. The number of rotatable bonds is 79. The third-order valence-corrected chi connectivity index (χ3v) is 20.6. The van der Waals surface area contributed by atoms with E-state index in [4.69, 9.17) is 37.0 Å². The minimum Gasteiger partial charge on any atom is -0.462 e. The van der Waals surface area contributed by atoms with E-state index in [1.54, 1.807) is 0 Å². The lowest BCUT2D eigenvalue weighted by Crippen LogP contribution is -2.30. The Kier molecular flexibility index (Phi) is 70.3. The number of esters is 4. The number of unbranched alkanes of at least 4 members (excludes halogenated alkanes) is 49. The van der Waals surface area contributed by atoms with E-state index in [0.717, 1.165) is 108 Å². The minimum absolute atomic E-state index is 0.108. The van der Waals surface area contributed by atoms with E-state index in [1.165, 1.54) is 231 Å². The molecule has 0 rings (SSSR count). The van der Waals surface area contributed by atoms with Gasteiger partial charge in [-0.25, -0.2) is 9.13 Å². The number of aliphatic hydroxyl groups excluding tert-OH is 1. The molecule has 0 amide bonds. The quantitative estimate of drug-likeness (QED) is 0.0222. The Morgan fingerprint density at radius 2 is 0.465 bits per heavy atom. The Hall–Kier alpha value is -1.94. The first kappa shape index (κ1) is 97.1. The van der Waals surface area contributed by atoms with E-state index in [2.05, 4.69) is 41.5 Å². The molecular weight excluding hydrogens is 1290 g/mol. The summed E-state index contributed by atoms with van der Waals surface area (Å²) >= 11 is 0. The van der Waals surface area contributed by atoms with Crippen LogP contribution in [-0.4, -0.2) is 96.7 Å². The van der Waals surface area contributed by atoms with Gasteiger partial charge in [-0.3, -0.25) is 37.3 Å². The summed E-state index contributed by atoms with van der Waals surface area (Å²) in [5.41, 5.74) is 0. The molecule has 0 aromatic carbocycles. The molecule has 5 atom stereocenters. The molecule has 0 aliphatic rings. The van der Waals surface area contributed by atoms with Crippen molar-refractivity contribution in [3.63, 3.8) is 0 Å². The number of aliphatic hydroxyl groups is 1. The summed E-state index contributed by atoms with van der Waals surface area (Å²) in [6, 6.07) is 0. The molecule has 0 spiro atoms. The van der Waals surface area contributed by atoms with Gasteiger partial charge in [-0.2, -0.15) is 0 Å². The molecule has 0 bridgehead atoms. The summed E-state index contributed by atoms with van der Waals surface area (Å²) in [6.07, 6.45) is 61.0. The van der Waals surface area contributed by atoms with E-state index in [0.29, 0.717) is 25.7 Å². The zero-order valence-electron chi connectivity index (χ0n) is 64.8. The highest BCUT2D eigenvalue weighted by molar-refractivity contribution is 7.47. The van der Waals surface area contributed by atoms with E-state index in [9.17, 15) is 43.2 Å². The van der Waals surface area contributed by atoms with Crippen LogP contribution >= 0.6 is 15.6 Å². The molecule has 19 heteroatoms. The van der Waals surface area contributed by atoms with Gasteiger partial charge in [0, 0.05) is 25.7 Å². The highest BCUT2D eigenvalue weighted by atomic mass is 31.2. The SMILES string of the molecule is CCCCCCCCCCCCCCCCCCC(=O)O[C@H](COC(=O)CCCCCCCCCC)COP(=O)(O)OC[C@H](O)COP(=O)(O)OC[C@@H](COC(=O)CCCCCCCCCCCCCCCCC(C)C)OC(=O)CCCCCCCCCCCCCCCCCC(C)C.